The van der Waals surface area contributed by atoms with Crippen molar-refractivity contribution in [3.05, 3.63) is 28.8 Å². The van der Waals surface area contributed by atoms with Gasteiger partial charge in [-0.2, -0.15) is 0 Å². The van der Waals surface area contributed by atoms with E-state index in [0.29, 0.717) is 6.04 Å². The predicted molar refractivity (Wildman–Crippen MR) is 81.1 cm³/mol. The standard InChI is InChI=1S/C16H24ClNO/c1-3-8-18-15(9-12-4-5-12)11-13-10-14(17)6-7-16(13)19-2/h6-7,10,12,15,18H,3-5,8-9,11H2,1-2H3. The van der Waals surface area contributed by atoms with Gasteiger partial charge in [-0.15, -0.1) is 0 Å². The molecule has 2 nitrogen and oxygen atoms in total. The lowest BCUT2D eigenvalue weighted by molar-refractivity contribution is 0.399. The maximum atomic E-state index is 6.10. The van der Waals surface area contributed by atoms with Gasteiger partial charge in [0.2, 0.25) is 0 Å². The van der Waals surface area contributed by atoms with Crippen LogP contribution in [0.15, 0.2) is 18.2 Å². The molecule has 1 aliphatic carbocycles. The van der Waals surface area contributed by atoms with E-state index in [1.807, 2.05) is 18.2 Å². The molecule has 1 aromatic carbocycles. The first kappa shape index (κ1) is 14.7. The molecule has 0 aliphatic heterocycles. The van der Waals surface area contributed by atoms with Crippen LogP contribution in [-0.4, -0.2) is 19.7 Å². The van der Waals surface area contributed by atoms with Gasteiger partial charge in [0.05, 0.1) is 7.11 Å². The third kappa shape index (κ3) is 4.70. The highest BCUT2D eigenvalue weighted by Crippen LogP contribution is 2.35. The lowest BCUT2D eigenvalue weighted by Gasteiger charge is -2.20. The highest BCUT2D eigenvalue weighted by atomic mass is 35.5. The van der Waals surface area contributed by atoms with Crippen LogP contribution >= 0.6 is 11.6 Å². The molecule has 0 bridgehead atoms. The zero-order valence-electron chi connectivity index (χ0n) is 11.9. The summed E-state index contributed by atoms with van der Waals surface area (Å²) in [5, 5.41) is 4.45. The van der Waals surface area contributed by atoms with E-state index < -0.39 is 0 Å². The van der Waals surface area contributed by atoms with Crippen LogP contribution in [0.25, 0.3) is 0 Å². The van der Waals surface area contributed by atoms with Crippen molar-refractivity contribution in [3.8, 4) is 5.75 Å². The molecule has 1 unspecified atom stereocenters. The number of benzene rings is 1. The van der Waals surface area contributed by atoms with E-state index in [-0.39, 0.29) is 0 Å². The third-order valence-corrected chi connectivity index (χ3v) is 3.94. The number of hydrogen-bond acceptors (Lipinski definition) is 2. The number of rotatable bonds is 8. The first-order chi connectivity index (χ1) is 9.22. The van der Waals surface area contributed by atoms with Crippen molar-refractivity contribution < 1.29 is 4.74 Å². The molecule has 1 fully saturated rings. The Bertz CT molecular complexity index is 404. The fraction of sp³-hybridized carbons (Fsp3) is 0.625. The molecule has 1 N–H and O–H groups in total. The molecule has 19 heavy (non-hydrogen) atoms. The van der Waals surface area contributed by atoms with Crippen LogP contribution in [-0.2, 0) is 6.42 Å². The van der Waals surface area contributed by atoms with Crippen molar-refractivity contribution in [2.24, 2.45) is 5.92 Å². The van der Waals surface area contributed by atoms with Crippen LogP contribution in [0.4, 0.5) is 0 Å². The molecule has 0 aromatic heterocycles. The fourth-order valence-corrected chi connectivity index (χ4v) is 2.71. The van der Waals surface area contributed by atoms with Gasteiger partial charge in [0.15, 0.2) is 0 Å². The summed E-state index contributed by atoms with van der Waals surface area (Å²) in [7, 11) is 1.72. The second-order valence-electron chi connectivity index (χ2n) is 5.49. The zero-order chi connectivity index (χ0) is 13.7. The maximum absolute atomic E-state index is 6.10. The molecule has 0 amide bonds. The first-order valence-electron chi connectivity index (χ1n) is 7.28. The number of halogens is 1. The fourth-order valence-electron chi connectivity index (χ4n) is 2.52. The van der Waals surface area contributed by atoms with Crippen molar-refractivity contribution in [2.45, 2.75) is 45.1 Å². The van der Waals surface area contributed by atoms with Crippen molar-refractivity contribution in [1.29, 1.82) is 0 Å². The summed E-state index contributed by atoms with van der Waals surface area (Å²) < 4.78 is 5.44. The molecule has 0 radical (unpaired) electrons. The molecule has 0 heterocycles. The normalized spacial score (nSPS) is 16.4. The highest BCUT2D eigenvalue weighted by Gasteiger charge is 2.25. The smallest absolute Gasteiger partial charge is 0.122 e. The molecular formula is C16H24ClNO. The Morgan fingerprint density at radius 1 is 1.42 bits per heavy atom. The molecular weight excluding hydrogens is 258 g/mol. The topological polar surface area (TPSA) is 21.3 Å². The zero-order valence-corrected chi connectivity index (χ0v) is 12.7. The van der Waals surface area contributed by atoms with E-state index in [9.17, 15) is 0 Å². The molecule has 1 saturated carbocycles. The Labute approximate surface area is 121 Å². The summed E-state index contributed by atoms with van der Waals surface area (Å²) in [6.07, 6.45) is 6.25. The number of nitrogens with one attached hydrogen (secondary N) is 1. The van der Waals surface area contributed by atoms with Gasteiger partial charge in [-0.05, 0) is 55.5 Å². The van der Waals surface area contributed by atoms with Crippen LogP contribution in [0.5, 0.6) is 5.75 Å². The minimum absolute atomic E-state index is 0.541. The summed E-state index contributed by atoms with van der Waals surface area (Å²) in [6.45, 7) is 3.29. The monoisotopic (exact) mass is 281 g/mol. The molecule has 1 atom stereocenters. The second-order valence-corrected chi connectivity index (χ2v) is 5.93. The van der Waals surface area contributed by atoms with Gasteiger partial charge in [-0.1, -0.05) is 31.4 Å². The van der Waals surface area contributed by atoms with E-state index in [2.05, 4.69) is 12.2 Å². The van der Waals surface area contributed by atoms with Gasteiger partial charge >= 0.3 is 0 Å². The van der Waals surface area contributed by atoms with Gasteiger partial charge in [-0.25, -0.2) is 0 Å². The molecule has 3 heteroatoms. The summed E-state index contributed by atoms with van der Waals surface area (Å²) in [6, 6.07) is 6.43. The molecule has 2 rings (SSSR count). The van der Waals surface area contributed by atoms with Gasteiger partial charge in [0.25, 0.3) is 0 Å². The van der Waals surface area contributed by atoms with E-state index in [1.165, 1.54) is 31.2 Å². The summed E-state index contributed by atoms with van der Waals surface area (Å²) in [5.41, 5.74) is 1.21. The van der Waals surface area contributed by atoms with Gasteiger partial charge in [-0.3, -0.25) is 0 Å². The maximum Gasteiger partial charge on any atom is 0.122 e. The number of hydrogen-bond donors (Lipinski definition) is 1. The number of methoxy groups -OCH3 is 1. The molecule has 1 aliphatic rings. The van der Waals surface area contributed by atoms with Crippen molar-refractivity contribution in [1.82, 2.24) is 5.32 Å². The van der Waals surface area contributed by atoms with Crippen LogP contribution < -0.4 is 10.1 Å². The van der Waals surface area contributed by atoms with Gasteiger partial charge in [0, 0.05) is 11.1 Å². The second kappa shape index (κ2) is 7.16. The Balaban J connectivity index is 2.03. The average Bonchev–Trinajstić information content (AvgIpc) is 3.20. The van der Waals surface area contributed by atoms with Gasteiger partial charge < -0.3 is 10.1 Å². The SMILES string of the molecule is CCCNC(Cc1cc(Cl)ccc1OC)CC1CC1. The predicted octanol–water partition coefficient (Wildman–Crippen LogP) is 4.06. The number of ether oxygens (including phenoxy) is 1. The largest absolute Gasteiger partial charge is 0.496 e. The van der Waals surface area contributed by atoms with E-state index in [4.69, 9.17) is 16.3 Å². The van der Waals surface area contributed by atoms with E-state index in [1.54, 1.807) is 7.11 Å². The molecule has 1 aromatic rings. The average molecular weight is 282 g/mol. The lowest BCUT2D eigenvalue weighted by Crippen LogP contribution is -2.32. The Kier molecular flexibility index (Phi) is 5.53. The van der Waals surface area contributed by atoms with E-state index in [0.717, 1.165) is 29.7 Å². The summed E-state index contributed by atoms with van der Waals surface area (Å²) in [4.78, 5) is 0. The first-order valence-corrected chi connectivity index (χ1v) is 7.66. The molecule has 0 saturated heterocycles. The minimum atomic E-state index is 0.541. The van der Waals surface area contributed by atoms with Crippen LogP contribution in [0, 0.1) is 5.92 Å². The third-order valence-electron chi connectivity index (χ3n) is 3.71. The minimum Gasteiger partial charge on any atom is -0.496 e. The van der Waals surface area contributed by atoms with Crippen molar-refractivity contribution in [2.75, 3.05) is 13.7 Å². The van der Waals surface area contributed by atoms with E-state index >= 15 is 0 Å². The Hall–Kier alpha value is -0.730. The van der Waals surface area contributed by atoms with Gasteiger partial charge in [0.1, 0.15) is 5.75 Å². The van der Waals surface area contributed by atoms with Crippen molar-refractivity contribution in [3.63, 3.8) is 0 Å². The van der Waals surface area contributed by atoms with Crippen molar-refractivity contribution >= 4 is 11.6 Å². The van der Waals surface area contributed by atoms with Crippen LogP contribution in [0.3, 0.4) is 0 Å². The lowest BCUT2D eigenvalue weighted by atomic mass is 10.00. The highest BCUT2D eigenvalue weighted by molar-refractivity contribution is 6.30. The summed E-state index contributed by atoms with van der Waals surface area (Å²) >= 11 is 6.10. The molecule has 106 valence electrons. The van der Waals surface area contributed by atoms with Crippen LogP contribution in [0.2, 0.25) is 5.02 Å². The Morgan fingerprint density at radius 3 is 2.84 bits per heavy atom. The quantitative estimate of drug-likeness (QED) is 0.776. The van der Waals surface area contributed by atoms with Crippen LogP contribution in [0.1, 0.15) is 38.2 Å². The summed E-state index contributed by atoms with van der Waals surface area (Å²) in [5.74, 6) is 1.88. The molecule has 0 spiro atoms. The Morgan fingerprint density at radius 2 is 2.21 bits per heavy atom.